The number of hydrogen-bond donors (Lipinski definition) is 0. The van der Waals surface area contributed by atoms with E-state index in [1.807, 2.05) is 35.2 Å². The Hall–Kier alpha value is -3.47. The minimum Gasteiger partial charge on any atom is -0.476 e. The summed E-state index contributed by atoms with van der Waals surface area (Å²) < 4.78 is 19.2. The molecular weight excluding hydrogens is 381 g/mol. The molecule has 152 valence electrons. The molecule has 5 heteroatoms. The molecule has 3 aromatic rings. The van der Waals surface area contributed by atoms with Crippen molar-refractivity contribution in [1.29, 1.82) is 0 Å². The van der Waals surface area contributed by atoms with Crippen LogP contribution in [0.2, 0.25) is 0 Å². The lowest BCUT2D eigenvalue weighted by atomic mass is 10.0. The van der Waals surface area contributed by atoms with Crippen molar-refractivity contribution in [3.05, 3.63) is 101 Å². The minimum atomic E-state index is -0.733. The molecule has 1 aliphatic rings. The summed E-state index contributed by atoms with van der Waals surface area (Å²) in [7, 11) is 0. The van der Waals surface area contributed by atoms with Gasteiger partial charge >= 0.3 is 0 Å². The van der Waals surface area contributed by atoms with Crippen molar-refractivity contribution in [2.45, 2.75) is 18.9 Å². The SMILES string of the molecule is O=C(c1ccc(F)cc1)c1ccc(O[C@@H](C(=O)N2CCCC2)c2ccccc2)cc1. The Bertz CT molecular complexity index is 1010. The second-order valence-corrected chi connectivity index (χ2v) is 7.30. The molecule has 3 aromatic carbocycles. The quantitative estimate of drug-likeness (QED) is 0.556. The molecule has 0 aliphatic carbocycles. The third-order valence-electron chi connectivity index (χ3n) is 5.22. The van der Waals surface area contributed by atoms with Gasteiger partial charge in [-0.15, -0.1) is 0 Å². The highest BCUT2D eigenvalue weighted by molar-refractivity contribution is 6.09. The molecule has 1 aliphatic heterocycles. The van der Waals surface area contributed by atoms with Gasteiger partial charge in [0.05, 0.1) is 0 Å². The fraction of sp³-hybridized carbons (Fsp3) is 0.200. The molecular formula is C25H22FNO3. The molecule has 4 rings (SSSR count). The number of hydrogen-bond acceptors (Lipinski definition) is 3. The number of carbonyl (C=O) groups is 2. The van der Waals surface area contributed by atoms with E-state index in [0.717, 1.165) is 31.5 Å². The van der Waals surface area contributed by atoms with E-state index < -0.39 is 6.10 Å². The van der Waals surface area contributed by atoms with Gasteiger partial charge in [-0.1, -0.05) is 30.3 Å². The standard InChI is InChI=1S/C25H22FNO3/c26-21-12-8-18(9-13-21)23(28)19-10-14-22(15-11-19)30-24(20-6-2-1-3-7-20)25(29)27-16-4-5-17-27/h1-3,6-15,24H,4-5,16-17H2/t24-/m1/s1. The van der Waals surface area contributed by atoms with E-state index in [4.69, 9.17) is 4.74 Å². The molecule has 0 bridgehead atoms. The highest BCUT2D eigenvalue weighted by Gasteiger charge is 2.29. The van der Waals surface area contributed by atoms with Crippen LogP contribution in [0.25, 0.3) is 0 Å². The van der Waals surface area contributed by atoms with Gasteiger partial charge in [-0.3, -0.25) is 9.59 Å². The van der Waals surface area contributed by atoms with Gasteiger partial charge in [0.1, 0.15) is 11.6 Å². The van der Waals surface area contributed by atoms with Crippen molar-refractivity contribution >= 4 is 11.7 Å². The monoisotopic (exact) mass is 403 g/mol. The first kappa shape index (κ1) is 19.8. The Labute approximate surface area is 174 Å². The molecule has 1 atom stereocenters. The second kappa shape index (κ2) is 8.91. The smallest absolute Gasteiger partial charge is 0.268 e. The molecule has 0 aromatic heterocycles. The Kier molecular flexibility index (Phi) is 5.89. The Morgan fingerprint density at radius 1 is 0.800 bits per heavy atom. The van der Waals surface area contributed by atoms with Crippen molar-refractivity contribution in [2.24, 2.45) is 0 Å². The summed E-state index contributed by atoms with van der Waals surface area (Å²) in [5.74, 6) is -0.128. The zero-order chi connectivity index (χ0) is 20.9. The fourth-order valence-corrected chi connectivity index (χ4v) is 3.58. The zero-order valence-electron chi connectivity index (χ0n) is 16.5. The number of benzene rings is 3. The summed E-state index contributed by atoms with van der Waals surface area (Å²) in [5.41, 5.74) is 1.67. The predicted octanol–water partition coefficient (Wildman–Crippen LogP) is 4.80. The first-order valence-corrected chi connectivity index (χ1v) is 10.0. The van der Waals surface area contributed by atoms with Gasteiger partial charge in [-0.25, -0.2) is 4.39 Å². The van der Waals surface area contributed by atoms with Crippen molar-refractivity contribution in [3.8, 4) is 5.75 Å². The van der Waals surface area contributed by atoms with Gasteiger partial charge in [-0.05, 0) is 61.4 Å². The van der Waals surface area contributed by atoms with Crippen LogP contribution in [-0.2, 0) is 4.79 Å². The molecule has 1 heterocycles. The summed E-state index contributed by atoms with van der Waals surface area (Å²) in [6.07, 6.45) is 1.28. The molecule has 1 saturated heterocycles. The molecule has 0 spiro atoms. The number of likely N-dealkylation sites (tertiary alicyclic amines) is 1. The molecule has 0 unspecified atom stereocenters. The topological polar surface area (TPSA) is 46.6 Å². The summed E-state index contributed by atoms with van der Waals surface area (Å²) >= 11 is 0. The summed E-state index contributed by atoms with van der Waals surface area (Å²) in [5, 5.41) is 0. The zero-order valence-corrected chi connectivity index (χ0v) is 16.5. The Balaban J connectivity index is 1.53. The molecule has 0 N–H and O–H groups in total. The maximum Gasteiger partial charge on any atom is 0.268 e. The van der Waals surface area contributed by atoms with Gasteiger partial charge in [0.25, 0.3) is 5.91 Å². The Morgan fingerprint density at radius 2 is 1.37 bits per heavy atom. The van der Waals surface area contributed by atoms with Crippen LogP contribution < -0.4 is 4.74 Å². The van der Waals surface area contributed by atoms with Crippen LogP contribution in [0.4, 0.5) is 4.39 Å². The summed E-state index contributed by atoms with van der Waals surface area (Å²) in [6.45, 7) is 1.49. The van der Waals surface area contributed by atoms with Gasteiger partial charge < -0.3 is 9.64 Å². The Morgan fingerprint density at radius 3 is 1.97 bits per heavy atom. The van der Waals surface area contributed by atoms with Crippen LogP contribution in [0.5, 0.6) is 5.75 Å². The number of ketones is 1. The van der Waals surface area contributed by atoms with Crippen LogP contribution in [0.15, 0.2) is 78.9 Å². The average molecular weight is 403 g/mol. The number of carbonyl (C=O) groups excluding carboxylic acids is 2. The highest BCUT2D eigenvalue weighted by Crippen LogP contribution is 2.26. The van der Waals surface area contributed by atoms with E-state index in [1.165, 1.54) is 24.3 Å². The van der Waals surface area contributed by atoms with Crippen LogP contribution in [0.1, 0.15) is 40.4 Å². The van der Waals surface area contributed by atoms with Gasteiger partial charge in [0, 0.05) is 29.8 Å². The van der Waals surface area contributed by atoms with Gasteiger partial charge in [-0.2, -0.15) is 0 Å². The lowest BCUT2D eigenvalue weighted by Crippen LogP contribution is -2.35. The fourth-order valence-electron chi connectivity index (χ4n) is 3.58. The number of halogens is 1. The lowest BCUT2D eigenvalue weighted by molar-refractivity contribution is -0.137. The normalized spacial score (nSPS) is 14.4. The van der Waals surface area contributed by atoms with Crippen LogP contribution >= 0.6 is 0 Å². The van der Waals surface area contributed by atoms with Gasteiger partial charge in [0.2, 0.25) is 6.10 Å². The third-order valence-corrected chi connectivity index (χ3v) is 5.22. The number of rotatable bonds is 6. The maximum atomic E-state index is 13.1. The third kappa shape index (κ3) is 4.40. The largest absolute Gasteiger partial charge is 0.476 e. The summed E-state index contributed by atoms with van der Waals surface area (Å²) in [4.78, 5) is 27.5. The van der Waals surface area contributed by atoms with E-state index in [-0.39, 0.29) is 17.5 Å². The van der Waals surface area contributed by atoms with Crippen LogP contribution in [0, 0.1) is 5.82 Å². The van der Waals surface area contributed by atoms with Crippen LogP contribution in [-0.4, -0.2) is 29.7 Å². The molecule has 0 radical (unpaired) electrons. The predicted molar refractivity (Wildman–Crippen MR) is 112 cm³/mol. The van der Waals surface area contributed by atoms with E-state index in [0.29, 0.717) is 16.9 Å². The van der Waals surface area contributed by atoms with Crippen molar-refractivity contribution in [2.75, 3.05) is 13.1 Å². The molecule has 1 amide bonds. The minimum absolute atomic E-state index is 0.0508. The average Bonchev–Trinajstić information content (AvgIpc) is 3.33. The van der Waals surface area contributed by atoms with E-state index in [9.17, 15) is 14.0 Å². The van der Waals surface area contributed by atoms with E-state index in [2.05, 4.69) is 0 Å². The molecule has 0 saturated carbocycles. The second-order valence-electron chi connectivity index (χ2n) is 7.30. The van der Waals surface area contributed by atoms with Crippen molar-refractivity contribution in [3.63, 3.8) is 0 Å². The molecule has 30 heavy (non-hydrogen) atoms. The lowest BCUT2D eigenvalue weighted by Gasteiger charge is -2.24. The van der Waals surface area contributed by atoms with E-state index >= 15 is 0 Å². The number of amides is 1. The summed E-state index contributed by atoms with van der Waals surface area (Å²) in [6, 6.07) is 21.6. The number of ether oxygens (including phenoxy) is 1. The molecule has 1 fully saturated rings. The van der Waals surface area contributed by atoms with Gasteiger partial charge in [0.15, 0.2) is 5.78 Å². The molecule has 4 nitrogen and oxygen atoms in total. The highest BCUT2D eigenvalue weighted by atomic mass is 19.1. The first-order chi connectivity index (χ1) is 14.6. The van der Waals surface area contributed by atoms with Crippen LogP contribution in [0.3, 0.4) is 0 Å². The van der Waals surface area contributed by atoms with E-state index in [1.54, 1.807) is 24.3 Å². The van der Waals surface area contributed by atoms with Crippen molar-refractivity contribution < 1.29 is 18.7 Å². The number of nitrogens with zero attached hydrogens (tertiary/aromatic N) is 1. The van der Waals surface area contributed by atoms with Crippen molar-refractivity contribution in [1.82, 2.24) is 4.90 Å². The maximum absolute atomic E-state index is 13.1. The first-order valence-electron chi connectivity index (χ1n) is 10.0.